The summed E-state index contributed by atoms with van der Waals surface area (Å²) in [5.41, 5.74) is 8.68. The van der Waals surface area contributed by atoms with Gasteiger partial charge in [0.05, 0.1) is 92.9 Å². The maximum atomic E-state index is 14.4. The highest BCUT2D eigenvalue weighted by atomic mass is 16.6. The van der Waals surface area contributed by atoms with Gasteiger partial charge >= 0.3 is 6.09 Å². The number of nitrogens with two attached hydrogens (primary N) is 1. The zero-order chi connectivity index (χ0) is 73.3. The Balaban J connectivity index is 0.769. The highest BCUT2D eigenvalue weighted by molar-refractivity contribution is 6.13. The van der Waals surface area contributed by atoms with E-state index in [1.165, 1.54) is 43.4 Å². The van der Waals surface area contributed by atoms with Crippen LogP contribution in [0.3, 0.4) is 0 Å². The number of hydrogen-bond donors (Lipinski definition) is 6. The summed E-state index contributed by atoms with van der Waals surface area (Å²) in [7, 11) is 2.95. The maximum absolute atomic E-state index is 14.4. The molecule has 4 aromatic rings. The van der Waals surface area contributed by atoms with E-state index < -0.39 is 77.1 Å². The molecule has 9 rings (SSSR count). The molecule has 0 aliphatic carbocycles. The molecule has 0 saturated carbocycles. The molecule has 5 aliphatic heterocycles. The Labute approximate surface area is 594 Å². The van der Waals surface area contributed by atoms with E-state index in [1.54, 1.807) is 47.5 Å². The van der Waals surface area contributed by atoms with Crippen LogP contribution in [0.2, 0.25) is 0 Å². The highest BCUT2D eigenvalue weighted by Gasteiger charge is 2.47. The number of anilines is 2. The quantitative estimate of drug-likeness (QED) is 0.0150. The van der Waals surface area contributed by atoms with E-state index in [1.807, 2.05) is 58.0 Å². The summed E-state index contributed by atoms with van der Waals surface area (Å²) in [5, 5.41) is 23.5. The van der Waals surface area contributed by atoms with Crippen LogP contribution >= 0.6 is 0 Å². The van der Waals surface area contributed by atoms with Crippen LogP contribution in [0.15, 0.2) is 120 Å². The van der Waals surface area contributed by atoms with Crippen molar-refractivity contribution in [1.29, 1.82) is 0 Å². The second-order valence-corrected chi connectivity index (χ2v) is 27.1. The second kappa shape index (κ2) is 35.1. The van der Waals surface area contributed by atoms with E-state index in [-0.39, 0.29) is 119 Å². The Kier molecular flexibility index (Phi) is 26.2. The number of aliphatic hydroxyl groups is 1. The topological polar surface area (TPSA) is 338 Å². The fourth-order valence-electron chi connectivity index (χ4n) is 12.4. The van der Waals surface area contributed by atoms with E-state index in [0.29, 0.717) is 104 Å². The normalized spacial score (nSPS) is 17.6. The Hall–Kier alpha value is -9.96. The summed E-state index contributed by atoms with van der Waals surface area (Å²) >= 11 is 0. The molecule has 0 radical (unpaired) electrons. The number of nitrogens with zero attached hydrogens (tertiary/aromatic N) is 5. The van der Waals surface area contributed by atoms with Crippen LogP contribution in [0.5, 0.6) is 23.0 Å². The third-order valence-electron chi connectivity index (χ3n) is 18.1. The maximum Gasteiger partial charge on any atom is 0.416 e. The molecule has 4 aromatic carbocycles. The van der Waals surface area contributed by atoms with E-state index in [9.17, 15) is 48.3 Å². The van der Waals surface area contributed by atoms with Crippen LogP contribution in [0.4, 0.5) is 21.9 Å². The number of amides is 9. The predicted molar refractivity (Wildman–Crippen MR) is 380 cm³/mol. The first-order chi connectivity index (χ1) is 48.8. The Morgan fingerprint density at radius 3 is 2.03 bits per heavy atom. The first kappa shape index (κ1) is 76.2. The standard InChI is InChI=1S/C75H94N10O17/c1-47-35-52-42-78-56-40-62(60(96-7)38-53(56)70(92)83(52)43-47)98-32-15-10-16-33-99-63-41-58-54(39-61(63)97-8)71(93)84-44-48(2)36-59(84)72(94)85(58)73(95)100-45-50-20-22-51(23-21-50)79-68(90)55(19-13-14-29-76)81-69(91)57(37-49-17-11-9-12-18-49)80-65(87)27-34-101-75(5,6)46-102-74(3,4)28-30-77-64(86)26-31-82-66(88)24-25-67(82)89/h9,11-12,17-18,20-25,38-42,52,55,57,59,72,94H,1-2,10,13-16,19,26-37,43-46,76H2,3-8H3,(H,77,86)(H,79,90)(H,80,87)(H,81,91). The van der Waals surface area contributed by atoms with Gasteiger partial charge in [0.1, 0.15) is 18.7 Å². The number of fused-ring (bicyclic) bond motifs is 4. The van der Waals surface area contributed by atoms with Gasteiger partial charge < -0.3 is 75.1 Å². The van der Waals surface area contributed by atoms with E-state index in [4.69, 9.17) is 38.9 Å². The minimum Gasteiger partial charge on any atom is -0.493 e. The van der Waals surface area contributed by atoms with Crippen molar-refractivity contribution < 1.29 is 81.4 Å². The molecular formula is C75H94N10O17. The van der Waals surface area contributed by atoms with Crippen molar-refractivity contribution in [3.05, 3.63) is 138 Å². The molecule has 5 unspecified atom stereocenters. The van der Waals surface area contributed by atoms with E-state index >= 15 is 0 Å². The number of unbranched alkanes of at least 4 members (excludes halogenated alkanes) is 3. The molecule has 102 heavy (non-hydrogen) atoms. The average Bonchev–Trinajstić information content (AvgIpc) is 1.59. The largest absolute Gasteiger partial charge is 0.493 e. The van der Waals surface area contributed by atoms with Gasteiger partial charge in [-0.2, -0.15) is 0 Å². The monoisotopic (exact) mass is 1410 g/mol. The van der Waals surface area contributed by atoms with Crippen molar-refractivity contribution >= 4 is 76.6 Å². The summed E-state index contributed by atoms with van der Waals surface area (Å²) in [4.78, 5) is 130. The molecule has 5 aliphatic rings. The third kappa shape index (κ3) is 20.2. The highest BCUT2D eigenvalue weighted by Crippen LogP contribution is 2.43. The van der Waals surface area contributed by atoms with Gasteiger partial charge in [-0.3, -0.25) is 48.2 Å². The molecular weight excluding hydrogens is 1310 g/mol. The number of rotatable bonds is 36. The number of ether oxygens (including phenoxy) is 7. The van der Waals surface area contributed by atoms with Crippen LogP contribution in [0, 0.1) is 0 Å². The zero-order valence-electron chi connectivity index (χ0n) is 58.9. The Morgan fingerprint density at radius 2 is 1.34 bits per heavy atom. The van der Waals surface area contributed by atoms with Crippen molar-refractivity contribution in [2.75, 3.05) is 83.6 Å². The third-order valence-corrected chi connectivity index (χ3v) is 18.1. The fraction of sp³-hybridized carbons (Fsp3) is 0.467. The van der Waals surface area contributed by atoms with Gasteiger partial charge in [-0.15, -0.1) is 0 Å². The molecule has 0 bridgehead atoms. The molecule has 2 fully saturated rings. The number of nitrogens with one attached hydrogen (secondary N) is 4. The van der Waals surface area contributed by atoms with Crippen molar-refractivity contribution in [2.45, 2.75) is 153 Å². The minimum absolute atomic E-state index is 0.0131. The summed E-state index contributed by atoms with van der Waals surface area (Å²) in [6.45, 7) is 17.2. The van der Waals surface area contributed by atoms with Crippen molar-refractivity contribution in [3.63, 3.8) is 0 Å². The van der Waals surface area contributed by atoms with Gasteiger partial charge in [-0.05, 0) is 127 Å². The molecule has 0 spiro atoms. The van der Waals surface area contributed by atoms with Crippen LogP contribution < -0.4 is 50.8 Å². The fourth-order valence-corrected chi connectivity index (χ4v) is 12.4. The number of carbonyl (C=O) groups excluding carboxylic acids is 9. The number of methoxy groups -OCH3 is 2. The first-order valence-electron chi connectivity index (χ1n) is 34.5. The molecule has 9 amide bonds. The van der Waals surface area contributed by atoms with Crippen LogP contribution in [-0.4, -0.2) is 194 Å². The SMILES string of the molecule is C=C1CC2C=Nc3cc(OCCCCCOc4cc5c(cc4OC)C(=O)N4CC(=C)CC4C(O)N5C(=O)OCc4ccc(NC(=O)C(CCCCN)NC(=O)C(Cc5ccccc5)NC(=O)CCOC(C)(C)COC(C)(C)CCNC(=O)CCN5C(=O)C=CC5=O)cc4)c(OC)cc3C(=O)N2C1. The number of aliphatic hydroxyl groups excluding tert-OH is 1. The smallest absolute Gasteiger partial charge is 0.416 e. The summed E-state index contributed by atoms with van der Waals surface area (Å²) in [6.07, 6.45) is 6.11. The number of hydrogen-bond acceptors (Lipinski definition) is 19. The number of carbonyl (C=O) groups is 9. The van der Waals surface area contributed by atoms with Gasteiger partial charge in [0.15, 0.2) is 29.2 Å². The number of benzene rings is 4. The van der Waals surface area contributed by atoms with Gasteiger partial charge in [0.25, 0.3) is 23.6 Å². The molecule has 2 saturated heterocycles. The van der Waals surface area contributed by atoms with Gasteiger partial charge in [0, 0.05) is 75.2 Å². The van der Waals surface area contributed by atoms with Gasteiger partial charge in [-0.25, -0.2) is 9.69 Å². The van der Waals surface area contributed by atoms with Gasteiger partial charge in [-0.1, -0.05) is 66.8 Å². The average molecular weight is 1410 g/mol. The summed E-state index contributed by atoms with van der Waals surface area (Å²) in [6, 6.07) is 18.9. The Morgan fingerprint density at radius 1 is 0.686 bits per heavy atom. The lowest BCUT2D eigenvalue weighted by Gasteiger charge is -2.32. The molecule has 5 heterocycles. The number of aliphatic imine (C=N–C) groups is 1. The molecule has 27 heteroatoms. The van der Waals surface area contributed by atoms with Crippen molar-refractivity contribution in [1.82, 2.24) is 30.7 Å². The molecule has 546 valence electrons. The molecule has 27 nitrogen and oxygen atoms in total. The van der Waals surface area contributed by atoms with E-state index in [0.717, 1.165) is 20.9 Å². The van der Waals surface area contributed by atoms with Gasteiger partial charge in [0.2, 0.25) is 23.6 Å². The molecule has 0 aromatic heterocycles. The summed E-state index contributed by atoms with van der Waals surface area (Å²) < 4.78 is 41.9. The van der Waals surface area contributed by atoms with Crippen LogP contribution in [-0.2, 0) is 56.0 Å². The lowest BCUT2D eigenvalue weighted by molar-refractivity contribution is -0.137. The van der Waals surface area contributed by atoms with Crippen LogP contribution in [0.1, 0.15) is 130 Å². The molecule has 5 atom stereocenters. The lowest BCUT2D eigenvalue weighted by Crippen LogP contribution is -2.53. The van der Waals surface area contributed by atoms with Crippen LogP contribution in [0.25, 0.3) is 0 Å². The first-order valence-corrected chi connectivity index (χ1v) is 34.5. The molecule has 7 N–H and O–H groups in total. The van der Waals surface area contributed by atoms with Crippen molar-refractivity contribution in [3.8, 4) is 23.0 Å². The predicted octanol–water partition coefficient (Wildman–Crippen LogP) is 7.15. The minimum atomic E-state index is -1.56. The van der Waals surface area contributed by atoms with E-state index in [2.05, 4.69) is 39.4 Å². The lowest BCUT2D eigenvalue weighted by atomic mass is 10.0. The van der Waals surface area contributed by atoms with Crippen molar-refractivity contribution in [2.24, 2.45) is 10.7 Å². The summed E-state index contributed by atoms with van der Waals surface area (Å²) in [5.74, 6) is -2.06. The second-order valence-electron chi connectivity index (χ2n) is 27.1. The number of imide groups is 1. The zero-order valence-corrected chi connectivity index (χ0v) is 58.9. The Bertz CT molecular complexity index is 3800.